The third-order valence-corrected chi connectivity index (χ3v) is 4.24. The number of methoxy groups -OCH3 is 1. The van der Waals surface area contributed by atoms with Crippen LogP contribution < -0.4 is 10.1 Å². The zero-order valence-corrected chi connectivity index (χ0v) is 15.7. The van der Waals surface area contributed by atoms with Crippen molar-refractivity contribution in [3.63, 3.8) is 0 Å². The molecule has 0 aliphatic heterocycles. The Labute approximate surface area is 154 Å². The molecule has 0 fully saturated rings. The van der Waals surface area contributed by atoms with Crippen LogP contribution in [0, 0.1) is 6.92 Å². The van der Waals surface area contributed by atoms with Crippen LogP contribution in [0.4, 0.5) is 0 Å². The first-order valence-electron chi connectivity index (χ1n) is 8.64. The molecule has 0 spiro atoms. The Bertz CT molecular complexity index is 768. The zero-order chi connectivity index (χ0) is 19.1. The van der Waals surface area contributed by atoms with E-state index >= 15 is 0 Å². The first-order chi connectivity index (χ1) is 12.4. The van der Waals surface area contributed by atoms with Crippen LogP contribution in [0.2, 0.25) is 0 Å². The molecular formula is C21H25NO4. The number of nitrogens with one attached hydrogen (secondary N) is 1. The van der Waals surface area contributed by atoms with E-state index in [0.29, 0.717) is 11.3 Å². The van der Waals surface area contributed by atoms with Crippen molar-refractivity contribution in [2.75, 3.05) is 13.7 Å². The van der Waals surface area contributed by atoms with Crippen molar-refractivity contribution < 1.29 is 19.1 Å². The average molecular weight is 355 g/mol. The molecule has 0 saturated carbocycles. The van der Waals surface area contributed by atoms with Crippen LogP contribution in [0.3, 0.4) is 0 Å². The highest BCUT2D eigenvalue weighted by molar-refractivity contribution is 5.91. The Morgan fingerprint density at radius 3 is 2.42 bits per heavy atom. The highest BCUT2D eigenvalue weighted by Crippen LogP contribution is 2.19. The van der Waals surface area contributed by atoms with E-state index in [1.807, 2.05) is 38.1 Å². The van der Waals surface area contributed by atoms with Gasteiger partial charge >= 0.3 is 5.97 Å². The molecule has 5 heteroatoms. The largest absolute Gasteiger partial charge is 0.496 e. The molecule has 0 heterocycles. The van der Waals surface area contributed by atoms with Gasteiger partial charge in [0, 0.05) is 0 Å². The number of hydrogen-bond acceptors (Lipinski definition) is 4. The van der Waals surface area contributed by atoms with Crippen molar-refractivity contribution in [1.82, 2.24) is 5.32 Å². The summed E-state index contributed by atoms with van der Waals surface area (Å²) in [5, 5.41) is 2.83. The van der Waals surface area contributed by atoms with Crippen molar-refractivity contribution in [2.45, 2.75) is 33.2 Å². The summed E-state index contributed by atoms with van der Waals surface area (Å²) in [5.41, 5.74) is 3.52. The topological polar surface area (TPSA) is 64.6 Å². The van der Waals surface area contributed by atoms with Crippen molar-refractivity contribution in [3.05, 3.63) is 64.7 Å². The minimum Gasteiger partial charge on any atom is -0.496 e. The van der Waals surface area contributed by atoms with E-state index < -0.39 is 5.97 Å². The highest BCUT2D eigenvalue weighted by atomic mass is 16.5. The first kappa shape index (κ1) is 19.5. The number of hydrogen-bond donors (Lipinski definition) is 1. The van der Waals surface area contributed by atoms with E-state index in [9.17, 15) is 9.59 Å². The SMILES string of the molecule is CCc1ccc(C(C)NC(=O)COC(=O)c2ccc(C)c(OC)c2)cc1. The van der Waals surface area contributed by atoms with Crippen LogP contribution in [0.25, 0.3) is 0 Å². The second-order valence-corrected chi connectivity index (χ2v) is 6.14. The lowest BCUT2D eigenvalue weighted by Crippen LogP contribution is -2.31. The first-order valence-corrected chi connectivity index (χ1v) is 8.64. The summed E-state index contributed by atoms with van der Waals surface area (Å²) in [6.45, 7) is 5.55. The van der Waals surface area contributed by atoms with Crippen LogP contribution in [-0.4, -0.2) is 25.6 Å². The van der Waals surface area contributed by atoms with Gasteiger partial charge in [0.1, 0.15) is 5.75 Å². The molecule has 2 aromatic carbocycles. The maximum absolute atomic E-state index is 12.1. The van der Waals surface area contributed by atoms with Crippen LogP contribution in [0.5, 0.6) is 5.75 Å². The predicted octanol–water partition coefficient (Wildman–Crippen LogP) is 3.60. The summed E-state index contributed by atoms with van der Waals surface area (Å²) >= 11 is 0. The summed E-state index contributed by atoms with van der Waals surface area (Å²) in [6, 6.07) is 12.9. The predicted molar refractivity (Wildman–Crippen MR) is 100 cm³/mol. The van der Waals surface area contributed by atoms with E-state index in [2.05, 4.69) is 12.2 Å². The molecular weight excluding hydrogens is 330 g/mol. The van der Waals surface area contributed by atoms with Gasteiger partial charge in [0.15, 0.2) is 6.61 Å². The molecule has 0 aliphatic rings. The van der Waals surface area contributed by atoms with Crippen LogP contribution in [0.1, 0.15) is 46.9 Å². The number of rotatable bonds is 7. The van der Waals surface area contributed by atoms with E-state index in [-0.39, 0.29) is 18.6 Å². The second kappa shape index (κ2) is 9.04. The normalized spacial score (nSPS) is 11.5. The maximum Gasteiger partial charge on any atom is 0.338 e. The van der Waals surface area contributed by atoms with Crippen molar-refractivity contribution in [3.8, 4) is 5.75 Å². The van der Waals surface area contributed by atoms with E-state index in [1.165, 1.54) is 5.56 Å². The molecule has 1 atom stereocenters. The smallest absolute Gasteiger partial charge is 0.338 e. The van der Waals surface area contributed by atoms with E-state index in [1.54, 1.807) is 25.3 Å². The minimum absolute atomic E-state index is 0.161. The molecule has 138 valence electrons. The molecule has 26 heavy (non-hydrogen) atoms. The van der Waals surface area contributed by atoms with Crippen molar-refractivity contribution in [1.29, 1.82) is 0 Å². The molecule has 1 amide bonds. The summed E-state index contributed by atoms with van der Waals surface area (Å²) in [6.07, 6.45) is 0.973. The van der Waals surface area contributed by atoms with E-state index in [0.717, 1.165) is 17.5 Å². The molecule has 0 saturated heterocycles. The Hall–Kier alpha value is -2.82. The van der Waals surface area contributed by atoms with Crippen LogP contribution >= 0.6 is 0 Å². The fraction of sp³-hybridized carbons (Fsp3) is 0.333. The molecule has 5 nitrogen and oxygen atoms in total. The number of ether oxygens (including phenoxy) is 2. The standard InChI is InChI=1S/C21H25NO4/c1-5-16-7-10-17(11-8-16)15(3)22-20(23)13-26-21(24)18-9-6-14(2)19(12-18)25-4/h6-12,15H,5,13H2,1-4H3,(H,22,23). The van der Waals surface area contributed by atoms with Gasteiger partial charge in [-0.05, 0) is 49.1 Å². The zero-order valence-electron chi connectivity index (χ0n) is 15.7. The summed E-state index contributed by atoms with van der Waals surface area (Å²) in [5.74, 6) is -0.295. The highest BCUT2D eigenvalue weighted by Gasteiger charge is 2.14. The number of aryl methyl sites for hydroxylation is 2. The van der Waals surface area contributed by atoms with Gasteiger partial charge in [-0.3, -0.25) is 4.79 Å². The maximum atomic E-state index is 12.1. The number of esters is 1. The van der Waals surface area contributed by atoms with Crippen molar-refractivity contribution in [2.24, 2.45) is 0 Å². The molecule has 0 bridgehead atoms. The molecule has 0 radical (unpaired) electrons. The van der Waals surface area contributed by atoms with E-state index in [4.69, 9.17) is 9.47 Å². The second-order valence-electron chi connectivity index (χ2n) is 6.14. The van der Waals surface area contributed by atoms with Gasteiger partial charge in [-0.2, -0.15) is 0 Å². The molecule has 2 aromatic rings. The Morgan fingerprint density at radius 1 is 1.12 bits per heavy atom. The number of carbonyl (C=O) groups is 2. The monoisotopic (exact) mass is 355 g/mol. The van der Waals surface area contributed by atoms with Gasteiger partial charge < -0.3 is 14.8 Å². The fourth-order valence-electron chi connectivity index (χ4n) is 2.57. The lowest BCUT2D eigenvalue weighted by molar-refractivity contribution is -0.124. The summed E-state index contributed by atoms with van der Waals surface area (Å²) in [4.78, 5) is 24.1. The van der Waals surface area contributed by atoms with Gasteiger partial charge in [-0.1, -0.05) is 37.3 Å². The Morgan fingerprint density at radius 2 is 1.81 bits per heavy atom. The van der Waals surface area contributed by atoms with Crippen LogP contribution in [-0.2, 0) is 16.0 Å². The third-order valence-electron chi connectivity index (χ3n) is 4.24. The van der Waals surface area contributed by atoms with Gasteiger partial charge in [-0.25, -0.2) is 4.79 Å². The van der Waals surface area contributed by atoms with Crippen LogP contribution in [0.15, 0.2) is 42.5 Å². The Balaban J connectivity index is 1.88. The fourth-order valence-corrected chi connectivity index (χ4v) is 2.57. The van der Waals surface area contributed by atoms with Gasteiger partial charge in [0.2, 0.25) is 0 Å². The Kier molecular flexibility index (Phi) is 6.78. The summed E-state index contributed by atoms with van der Waals surface area (Å²) in [7, 11) is 1.54. The molecule has 2 rings (SSSR count). The lowest BCUT2D eigenvalue weighted by atomic mass is 10.1. The third kappa shape index (κ3) is 5.09. The average Bonchev–Trinajstić information content (AvgIpc) is 2.66. The van der Waals surface area contributed by atoms with Crippen molar-refractivity contribution >= 4 is 11.9 Å². The molecule has 0 aliphatic carbocycles. The summed E-state index contributed by atoms with van der Waals surface area (Å²) < 4.78 is 10.3. The molecule has 1 N–H and O–H groups in total. The van der Waals surface area contributed by atoms with Gasteiger partial charge in [0.25, 0.3) is 5.91 Å². The van der Waals surface area contributed by atoms with Gasteiger partial charge in [-0.15, -0.1) is 0 Å². The number of carbonyl (C=O) groups excluding carboxylic acids is 2. The minimum atomic E-state index is -0.557. The van der Waals surface area contributed by atoms with Gasteiger partial charge in [0.05, 0.1) is 18.7 Å². The number of benzene rings is 2. The molecule has 1 unspecified atom stereocenters. The lowest BCUT2D eigenvalue weighted by Gasteiger charge is -2.15. The quantitative estimate of drug-likeness (QED) is 0.771. The number of amides is 1. The molecule has 0 aromatic heterocycles.